The zero-order valence-electron chi connectivity index (χ0n) is 22.0. The van der Waals surface area contributed by atoms with Gasteiger partial charge in [-0.15, -0.1) is 0 Å². The van der Waals surface area contributed by atoms with Gasteiger partial charge in [0.15, 0.2) is 0 Å². The van der Waals surface area contributed by atoms with Crippen LogP contribution in [0.2, 0.25) is 0 Å². The lowest BCUT2D eigenvalue weighted by Crippen LogP contribution is -2.53. The number of urea groups is 1. The van der Waals surface area contributed by atoms with Gasteiger partial charge in [-0.25, -0.2) is 9.78 Å². The summed E-state index contributed by atoms with van der Waals surface area (Å²) >= 11 is 1.36. The third-order valence-electron chi connectivity index (χ3n) is 7.41. The monoisotopic (exact) mass is 555 g/mol. The van der Waals surface area contributed by atoms with Gasteiger partial charge in [-0.3, -0.25) is 14.5 Å². The molecule has 4 heterocycles. The minimum absolute atomic E-state index is 0.134. The molecule has 0 saturated carbocycles. The smallest absolute Gasteiger partial charge is 0.327 e. The van der Waals surface area contributed by atoms with Crippen molar-refractivity contribution in [2.24, 2.45) is 0 Å². The molecule has 1 aromatic heterocycles. The molecule has 2 aromatic carbocycles. The van der Waals surface area contributed by atoms with Gasteiger partial charge < -0.3 is 20.3 Å². The Bertz CT molecular complexity index is 1500. The molecule has 3 aliphatic rings. The standard InChI is InChI=1S/C30H29N5O4S/c1-3-24(36)34-15-7-8-19(17-34)32-28(37)27-26-25-23(13-14-31-29(25)40-27)35(30(38)33-26)22-12-11-21(16-18(22)2)39-20-9-5-4-6-10-20/h3-6,9-14,16,19,26-27H,1,7-8,15,17H2,2H3,(H,32,37)(H,33,38)/t19?,26?,27-/m0/s1. The quantitative estimate of drug-likeness (QED) is 0.422. The fraction of sp³-hybridized carbons (Fsp3) is 0.267. The number of ether oxygens (including phenoxy) is 1. The van der Waals surface area contributed by atoms with E-state index in [-0.39, 0.29) is 23.9 Å². The first kappa shape index (κ1) is 25.9. The number of carbonyl (C=O) groups excluding carboxylic acids is 3. The Kier molecular flexibility index (Phi) is 6.93. The highest BCUT2D eigenvalue weighted by molar-refractivity contribution is 8.01. The zero-order valence-corrected chi connectivity index (χ0v) is 22.8. The summed E-state index contributed by atoms with van der Waals surface area (Å²) in [5, 5.41) is 6.33. The normalized spacial score (nSPS) is 21.3. The number of pyridine rings is 1. The molecule has 1 fully saturated rings. The number of anilines is 2. The first-order valence-electron chi connectivity index (χ1n) is 13.2. The van der Waals surface area contributed by atoms with Gasteiger partial charge in [0.1, 0.15) is 21.8 Å². The molecule has 9 nitrogen and oxygen atoms in total. The highest BCUT2D eigenvalue weighted by Crippen LogP contribution is 2.51. The van der Waals surface area contributed by atoms with Crippen LogP contribution in [-0.4, -0.2) is 52.1 Å². The Balaban J connectivity index is 1.23. The second-order valence-electron chi connectivity index (χ2n) is 10.0. The number of carbonyl (C=O) groups is 3. The molecule has 2 N–H and O–H groups in total. The van der Waals surface area contributed by atoms with Crippen LogP contribution in [0.4, 0.5) is 16.2 Å². The number of nitrogens with one attached hydrogen (secondary N) is 2. The molecule has 0 spiro atoms. The number of aryl methyl sites for hydroxylation is 1. The molecule has 0 aliphatic carbocycles. The molecule has 2 unspecified atom stereocenters. The van der Waals surface area contributed by atoms with Crippen molar-refractivity contribution in [1.29, 1.82) is 0 Å². The number of nitrogens with zero attached hydrogens (tertiary/aromatic N) is 3. The van der Waals surface area contributed by atoms with Gasteiger partial charge in [-0.05, 0) is 67.8 Å². The van der Waals surface area contributed by atoms with E-state index in [0.717, 1.165) is 40.4 Å². The van der Waals surface area contributed by atoms with E-state index in [4.69, 9.17) is 4.74 Å². The Morgan fingerprint density at radius 1 is 1.15 bits per heavy atom. The van der Waals surface area contributed by atoms with E-state index in [2.05, 4.69) is 22.2 Å². The van der Waals surface area contributed by atoms with Crippen LogP contribution in [0.3, 0.4) is 0 Å². The van der Waals surface area contributed by atoms with Crippen molar-refractivity contribution >= 4 is 41.0 Å². The molecule has 3 aliphatic heterocycles. The summed E-state index contributed by atoms with van der Waals surface area (Å²) in [7, 11) is 0. The summed E-state index contributed by atoms with van der Waals surface area (Å²) in [6.07, 6.45) is 4.56. The van der Waals surface area contributed by atoms with Crippen LogP contribution in [-0.2, 0) is 9.59 Å². The van der Waals surface area contributed by atoms with Crippen LogP contribution in [0.15, 0.2) is 78.5 Å². The van der Waals surface area contributed by atoms with E-state index in [1.54, 1.807) is 16.0 Å². The maximum Gasteiger partial charge on any atom is 0.327 e. The van der Waals surface area contributed by atoms with Gasteiger partial charge in [-0.2, -0.15) is 0 Å². The van der Waals surface area contributed by atoms with Crippen molar-refractivity contribution in [3.8, 4) is 11.5 Å². The summed E-state index contributed by atoms with van der Waals surface area (Å²) in [5.41, 5.74) is 3.13. The summed E-state index contributed by atoms with van der Waals surface area (Å²) in [4.78, 5) is 47.0. The molecule has 0 radical (unpaired) electrons. The summed E-state index contributed by atoms with van der Waals surface area (Å²) in [5.74, 6) is 1.09. The minimum Gasteiger partial charge on any atom is -0.457 e. The van der Waals surface area contributed by atoms with Gasteiger partial charge in [0, 0.05) is 30.9 Å². The van der Waals surface area contributed by atoms with E-state index in [0.29, 0.717) is 24.5 Å². The van der Waals surface area contributed by atoms with Crippen molar-refractivity contribution in [2.45, 2.75) is 42.1 Å². The number of hydrogen-bond donors (Lipinski definition) is 2. The Morgan fingerprint density at radius 2 is 1.98 bits per heavy atom. The maximum absolute atomic E-state index is 13.6. The molecule has 10 heteroatoms. The molecular formula is C30H29N5O4S. The average molecular weight is 556 g/mol. The predicted octanol–water partition coefficient (Wildman–Crippen LogP) is 4.85. The Hall–Kier alpha value is -4.31. The van der Waals surface area contributed by atoms with Crippen LogP contribution in [0.5, 0.6) is 11.5 Å². The average Bonchev–Trinajstić information content (AvgIpc) is 3.33. The van der Waals surface area contributed by atoms with Gasteiger partial charge in [-0.1, -0.05) is 36.5 Å². The lowest BCUT2D eigenvalue weighted by Gasteiger charge is -2.36. The van der Waals surface area contributed by atoms with E-state index in [9.17, 15) is 14.4 Å². The Morgan fingerprint density at radius 3 is 2.75 bits per heavy atom. The number of amides is 4. The number of rotatable bonds is 6. The highest BCUT2D eigenvalue weighted by atomic mass is 32.2. The predicted molar refractivity (Wildman–Crippen MR) is 153 cm³/mol. The Labute approximate surface area is 236 Å². The number of para-hydroxylation sites is 1. The lowest BCUT2D eigenvalue weighted by molar-refractivity contribution is -0.129. The van der Waals surface area contributed by atoms with E-state index in [1.165, 1.54) is 17.8 Å². The van der Waals surface area contributed by atoms with Gasteiger partial charge in [0.2, 0.25) is 11.8 Å². The van der Waals surface area contributed by atoms with Crippen LogP contribution in [0, 0.1) is 6.92 Å². The first-order chi connectivity index (χ1) is 19.4. The van der Waals surface area contributed by atoms with Crippen molar-refractivity contribution in [3.63, 3.8) is 0 Å². The van der Waals surface area contributed by atoms with Crippen molar-refractivity contribution in [3.05, 3.63) is 84.6 Å². The number of hydrogen-bond acceptors (Lipinski definition) is 6. The van der Waals surface area contributed by atoms with Crippen LogP contribution in [0.1, 0.15) is 30.0 Å². The number of likely N-dealkylation sites (tertiary alicyclic amines) is 1. The van der Waals surface area contributed by atoms with E-state index >= 15 is 0 Å². The van der Waals surface area contributed by atoms with Crippen molar-refractivity contribution in [1.82, 2.24) is 20.5 Å². The second-order valence-corrected chi connectivity index (χ2v) is 11.2. The van der Waals surface area contributed by atoms with Gasteiger partial charge >= 0.3 is 6.03 Å². The zero-order chi connectivity index (χ0) is 27.8. The molecule has 40 heavy (non-hydrogen) atoms. The molecular weight excluding hydrogens is 526 g/mol. The van der Waals surface area contributed by atoms with E-state index in [1.807, 2.05) is 61.5 Å². The largest absolute Gasteiger partial charge is 0.457 e. The van der Waals surface area contributed by atoms with Gasteiger partial charge in [0.25, 0.3) is 0 Å². The fourth-order valence-electron chi connectivity index (χ4n) is 5.54. The summed E-state index contributed by atoms with van der Waals surface area (Å²) in [6, 6.07) is 16.0. The van der Waals surface area contributed by atoms with Crippen LogP contribution < -0.4 is 20.3 Å². The third-order valence-corrected chi connectivity index (χ3v) is 8.70. The summed E-state index contributed by atoms with van der Waals surface area (Å²) < 4.78 is 5.97. The SMILES string of the molecule is C=CC(=O)N1CCCC(NC(=O)[C@H]2Sc3nccc4c3C2NC(=O)N4c2ccc(Oc3ccccc3)cc2C)C1. The fourth-order valence-corrected chi connectivity index (χ4v) is 6.77. The number of piperidine rings is 1. The molecule has 6 rings (SSSR count). The minimum atomic E-state index is -0.567. The van der Waals surface area contributed by atoms with E-state index < -0.39 is 11.3 Å². The number of thioether (sulfide) groups is 1. The molecule has 0 bridgehead atoms. The highest BCUT2D eigenvalue weighted by Gasteiger charge is 2.47. The topological polar surface area (TPSA) is 104 Å². The van der Waals surface area contributed by atoms with Crippen molar-refractivity contribution in [2.75, 3.05) is 18.0 Å². The van der Waals surface area contributed by atoms with Crippen molar-refractivity contribution < 1.29 is 19.1 Å². The molecule has 204 valence electrons. The molecule has 3 atom stereocenters. The van der Waals surface area contributed by atoms with Gasteiger partial charge in [0.05, 0.1) is 17.4 Å². The maximum atomic E-state index is 13.6. The third kappa shape index (κ3) is 4.79. The molecule has 3 aromatic rings. The number of aromatic nitrogens is 1. The summed E-state index contributed by atoms with van der Waals surface area (Å²) in [6.45, 7) is 6.60. The van der Waals surface area contributed by atoms with Crippen LogP contribution >= 0.6 is 11.8 Å². The molecule has 4 amide bonds. The lowest BCUT2D eigenvalue weighted by atomic mass is 9.98. The first-order valence-corrected chi connectivity index (χ1v) is 14.1. The second kappa shape index (κ2) is 10.7. The van der Waals surface area contributed by atoms with Crippen LogP contribution in [0.25, 0.3) is 0 Å². The molecule has 1 saturated heterocycles. The number of benzene rings is 2.